The molecule has 0 saturated carbocycles. The normalized spacial score (nSPS) is 11.3. The van der Waals surface area contributed by atoms with Crippen molar-refractivity contribution in [3.05, 3.63) is 58.1 Å². The van der Waals surface area contributed by atoms with E-state index in [0.29, 0.717) is 24.5 Å². The summed E-state index contributed by atoms with van der Waals surface area (Å²) >= 11 is 6.02. The number of halogens is 1. The zero-order valence-corrected chi connectivity index (χ0v) is 20.0. The maximum Gasteiger partial charge on any atom is 0.339 e. The van der Waals surface area contributed by atoms with Gasteiger partial charge in [-0.15, -0.1) is 0 Å². The van der Waals surface area contributed by atoms with Crippen LogP contribution in [0.1, 0.15) is 27.4 Å². The fourth-order valence-electron chi connectivity index (χ4n) is 3.25. The number of carbonyl (C=O) groups is 1. The molecule has 0 atom stereocenters. The average Bonchev–Trinajstić information content (AvgIpc) is 3.08. The Morgan fingerprint density at radius 1 is 1.30 bits per heavy atom. The average molecular weight is 495 g/mol. The van der Waals surface area contributed by atoms with Crippen LogP contribution in [0.15, 0.2) is 39.9 Å². The quantitative estimate of drug-likeness (QED) is 0.457. The van der Waals surface area contributed by atoms with E-state index in [1.807, 2.05) is 13.8 Å². The van der Waals surface area contributed by atoms with Crippen LogP contribution in [-0.4, -0.2) is 50.3 Å². The molecule has 0 spiro atoms. The minimum Gasteiger partial charge on any atom is -0.495 e. The molecule has 10 nitrogen and oxygen atoms in total. The third-order valence-corrected chi connectivity index (χ3v) is 6.70. The van der Waals surface area contributed by atoms with Crippen LogP contribution in [0.3, 0.4) is 0 Å². The summed E-state index contributed by atoms with van der Waals surface area (Å²) in [5.41, 5.74) is 1.57. The van der Waals surface area contributed by atoms with Gasteiger partial charge in [-0.1, -0.05) is 16.8 Å². The van der Waals surface area contributed by atoms with E-state index in [2.05, 4.69) is 14.9 Å². The highest BCUT2D eigenvalue weighted by atomic mass is 35.5. The van der Waals surface area contributed by atoms with Gasteiger partial charge in [0.15, 0.2) is 0 Å². The minimum absolute atomic E-state index is 0.00205. The molecule has 3 aromatic rings. The minimum atomic E-state index is -4.04. The number of aryl methyl sites for hydroxylation is 2. The zero-order valence-electron chi connectivity index (χ0n) is 18.4. The summed E-state index contributed by atoms with van der Waals surface area (Å²) in [6.45, 7) is 4.10. The number of aromatic nitrogens is 2. The Labute approximate surface area is 196 Å². The maximum atomic E-state index is 12.7. The van der Waals surface area contributed by atoms with E-state index in [1.165, 1.54) is 37.6 Å². The highest BCUT2D eigenvalue weighted by Gasteiger charge is 2.21. The molecule has 3 rings (SSSR count). The molecule has 12 heteroatoms. The summed E-state index contributed by atoms with van der Waals surface area (Å²) in [6.07, 6.45) is 1.84. The molecule has 0 aliphatic heterocycles. The monoisotopic (exact) mass is 494 g/mol. The first kappa shape index (κ1) is 24.3. The molecule has 0 radical (unpaired) electrons. The Morgan fingerprint density at radius 3 is 2.61 bits per heavy atom. The summed E-state index contributed by atoms with van der Waals surface area (Å²) in [5.74, 6) is -0.00920. The first-order valence-electron chi connectivity index (χ1n) is 9.76. The molecular weight excluding hydrogens is 472 g/mol. The highest BCUT2D eigenvalue weighted by Crippen LogP contribution is 2.29. The van der Waals surface area contributed by atoms with Crippen molar-refractivity contribution in [1.82, 2.24) is 10.1 Å². The third kappa shape index (κ3) is 5.37. The molecule has 0 bridgehead atoms. The predicted molar refractivity (Wildman–Crippen MR) is 123 cm³/mol. The van der Waals surface area contributed by atoms with Crippen molar-refractivity contribution >= 4 is 39.1 Å². The molecule has 2 heterocycles. The second-order valence-electron chi connectivity index (χ2n) is 7.28. The molecule has 0 unspecified atom stereocenters. The van der Waals surface area contributed by atoms with Gasteiger partial charge in [0.25, 0.3) is 10.0 Å². The number of aromatic carboxylic acids is 1. The number of carboxylic acids is 1. The number of ether oxygens (including phenoxy) is 1. The number of rotatable bonds is 9. The first-order chi connectivity index (χ1) is 15.5. The van der Waals surface area contributed by atoms with Gasteiger partial charge in [-0.3, -0.25) is 4.72 Å². The lowest BCUT2D eigenvalue weighted by atomic mass is 10.1. The Bertz CT molecular complexity index is 1270. The first-order valence-corrected chi connectivity index (χ1v) is 11.6. The number of carboxylic acid groups (broad SMARTS) is 1. The molecule has 2 N–H and O–H groups in total. The lowest BCUT2D eigenvalue weighted by Crippen LogP contribution is -2.24. The van der Waals surface area contributed by atoms with E-state index in [1.54, 1.807) is 11.9 Å². The van der Waals surface area contributed by atoms with Gasteiger partial charge in [-0.05, 0) is 44.5 Å². The van der Waals surface area contributed by atoms with Gasteiger partial charge in [-0.2, -0.15) is 0 Å². The Balaban J connectivity index is 1.83. The number of hydrogen-bond donors (Lipinski definition) is 2. The Morgan fingerprint density at radius 2 is 2.03 bits per heavy atom. The van der Waals surface area contributed by atoms with E-state index < -0.39 is 16.0 Å². The number of likely N-dealkylation sites (N-methyl/N-ethyl adjacent to an activating group) is 1. The second-order valence-corrected chi connectivity index (χ2v) is 9.37. The van der Waals surface area contributed by atoms with Crippen LogP contribution < -0.4 is 14.4 Å². The van der Waals surface area contributed by atoms with Gasteiger partial charge in [0.1, 0.15) is 22.9 Å². The smallest absolute Gasteiger partial charge is 0.339 e. The number of hydrogen-bond acceptors (Lipinski definition) is 8. The molecule has 1 aromatic carbocycles. The van der Waals surface area contributed by atoms with Gasteiger partial charge >= 0.3 is 5.97 Å². The fourth-order valence-corrected chi connectivity index (χ4v) is 4.63. The Hall–Kier alpha value is -3.31. The van der Waals surface area contributed by atoms with Crippen molar-refractivity contribution in [3.63, 3.8) is 0 Å². The van der Waals surface area contributed by atoms with Crippen molar-refractivity contribution in [1.29, 1.82) is 0 Å². The number of methoxy groups -OCH3 is 1. The molecule has 0 amide bonds. The molecule has 0 fully saturated rings. The summed E-state index contributed by atoms with van der Waals surface area (Å²) < 4.78 is 38.0. The number of nitrogens with zero attached hydrogens (tertiary/aromatic N) is 3. The largest absolute Gasteiger partial charge is 0.495 e. The molecule has 33 heavy (non-hydrogen) atoms. The van der Waals surface area contributed by atoms with Crippen LogP contribution in [0.25, 0.3) is 0 Å². The lowest BCUT2D eigenvalue weighted by Gasteiger charge is -2.20. The van der Waals surface area contributed by atoms with Crippen LogP contribution in [0.2, 0.25) is 5.02 Å². The van der Waals surface area contributed by atoms with E-state index in [9.17, 15) is 18.3 Å². The molecule has 2 aromatic heterocycles. The molecular formula is C21H23ClN4O6S. The van der Waals surface area contributed by atoms with Crippen molar-refractivity contribution in [3.8, 4) is 5.75 Å². The highest BCUT2D eigenvalue weighted by molar-refractivity contribution is 7.92. The van der Waals surface area contributed by atoms with Crippen LogP contribution in [0.5, 0.6) is 5.75 Å². The number of benzene rings is 1. The van der Waals surface area contributed by atoms with Crippen LogP contribution >= 0.6 is 11.6 Å². The van der Waals surface area contributed by atoms with Gasteiger partial charge in [0.2, 0.25) is 0 Å². The van der Waals surface area contributed by atoms with Crippen LogP contribution in [0.4, 0.5) is 11.5 Å². The van der Waals surface area contributed by atoms with Crippen molar-refractivity contribution < 1.29 is 27.6 Å². The van der Waals surface area contributed by atoms with Crippen molar-refractivity contribution in [2.24, 2.45) is 0 Å². The van der Waals surface area contributed by atoms with Crippen LogP contribution in [0, 0.1) is 13.8 Å². The Kier molecular flexibility index (Phi) is 7.13. The van der Waals surface area contributed by atoms with E-state index >= 15 is 0 Å². The summed E-state index contributed by atoms with van der Waals surface area (Å²) in [7, 11) is -0.919. The number of nitrogens with one attached hydrogen (secondary N) is 1. The van der Waals surface area contributed by atoms with Gasteiger partial charge in [0.05, 0.1) is 34.6 Å². The van der Waals surface area contributed by atoms with E-state index in [-0.39, 0.29) is 27.0 Å². The van der Waals surface area contributed by atoms with Crippen LogP contribution in [-0.2, 0) is 16.4 Å². The number of sulfonamides is 1. The van der Waals surface area contributed by atoms with Crippen molar-refractivity contribution in [2.45, 2.75) is 25.2 Å². The van der Waals surface area contributed by atoms with Gasteiger partial charge < -0.3 is 19.3 Å². The fraction of sp³-hybridized carbons (Fsp3) is 0.286. The predicted octanol–water partition coefficient (Wildman–Crippen LogP) is 3.53. The molecule has 0 saturated heterocycles. The number of pyridine rings is 1. The van der Waals surface area contributed by atoms with E-state index in [0.717, 1.165) is 11.3 Å². The third-order valence-electron chi connectivity index (χ3n) is 5.02. The topological polar surface area (TPSA) is 135 Å². The van der Waals surface area contributed by atoms with Crippen molar-refractivity contribution in [2.75, 3.05) is 30.3 Å². The summed E-state index contributed by atoms with van der Waals surface area (Å²) in [5, 5.41) is 13.7. The summed E-state index contributed by atoms with van der Waals surface area (Å²) in [4.78, 5) is 17.6. The zero-order chi connectivity index (χ0) is 24.3. The maximum absolute atomic E-state index is 12.7. The molecule has 0 aliphatic rings. The SMILES string of the molecule is COc1ccc(S(=O)(=O)Nc2cnc(N(C)CCc3c(C)noc3C)c(C(=O)O)c2)cc1Cl. The van der Waals surface area contributed by atoms with Gasteiger partial charge in [-0.25, -0.2) is 18.2 Å². The molecule has 176 valence electrons. The standard InChI is InChI=1S/C21H23ClN4O6S/c1-12-16(13(2)32-24-12)7-8-26(3)20-17(21(27)28)9-14(11-23-20)25-33(29,30)15-5-6-19(31-4)18(22)10-15/h5-6,9-11,25H,7-8H2,1-4H3,(H,27,28). The second kappa shape index (κ2) is 9.67. The van der Waals surface area contributed by atoms with Gasteiger partial charge in [0, 0.05) is 19.2 Å². The lowest BCUT2D eigenvalue weighted by molar-refractivity contribution is 0.0697. The molecule has 0 aliphatic carbocycles. The summed E-state index contributed by atoms with van der Waals surface area (Å²) in [6, 6.07) is 5.22. The number of anilines is 2. The van der Waals surface area contributed by atoms with E-state index in [4.69, 9.17) is 20.9 Å².